The zero-order chi connectivity index (χ0) is 29.9. The van der Waals surface area contributed by atoms with Gasteiger partial charge in [-0.15, -0.1) is 0 Å². The molecule has 0 saturated carbocycles. The van der Waals surface area contributed by atoms with E-state index in [0.717, 1.165) is 12.1 Å². The van der Waals surface area contributed by atoms with Crippen LogP contribution in [-0.4, -0.2) is 27.8 Å². The van der Waals surface area contributed by atoms with Crippen LogP contribution in [0.25, 0.3) is 10.2 Å². The molecule has 3 aromatic carbocycles. The third kappa shape index (κ3) is 6.70. The van der Waals surface area contributed by atoms with Crippen LogP contribution in [-0.2, 0) is 6.18 Å². The standard InChI is InChI=1S/C29H21F3N6O3S/c1-16-7-8-17(25(39)34-20-5-2-4-19(14-20)29(30,31)32)12-23(16)36-26(40)18-9-10-22-24(13-18)42-28(37-22)38-27(41)35-21-6-3-11-33-15-21/h2-15H,1H3,(H,34,39)(H,36,40)(H2,35,37,38,41). The normalized spacial score (nSPS) is 11.1. The maximum absolute atomic E-state index is 13.1. The van der Waals surface area contributed by atoms with Gasteiger partial charge in [0.15, 0.2) is 5.13 Å². The number of rotatable bonds is 6. The molecule has 4 N–H and O–H groups in total. The van der Waals surface area contributed by atoms with Crippen molar-refractivity contribution in [2.24, 2.45) is 0 Å². The van der Waals surface area contributed by atoms with E-state index in [1.165, 1.54) is 41.8 Å². The van der Waals surface area contributed by atoms with E-state index in [1.807, 2.05) is 0 Å². The molecule has 0 bridgehead atoms. The van der Waals surface area contributed by atoms with Crippen LogP contribution >= 0.6 is 11.3 Å². The Morgan fingerprint density at radius 1 is 0.786 bits per heavy atom. The molecule has 5 aromatic rings. The molecule has 5 rings (SSSR count). The number of nitrogens with one attached hydrogen (secondary N) is 4. The van der Waals surface area contributed by atoms with E-state index in [4.69, 9.17) is 0 Å². The topological polar surface area (TPSA) is 125 Å². The first kappa shape index (κ1) is 28.2. The highest BCUT2D eigenvalue weighted by Crippen LogP contribution is 2.31. The Kier molecular flexibility index (Phi) is 7.84. The Morgan fingerprint density at radius 2 is 1.52 bits per heavy atom. The Bertz CT molecular complexity index is 1810. The minimum atomic E-state index is -4.54. The van der Waals surface area contributed by atoms with Gasteiger partial charge < -0.3 is 16.0 Å². The number of hydrogen-bond acceptors (Lipinski definition) is 6. The summed E-state index contributed by atoms with van der Waals surface area (Å²) in [5, 5.41) is 10.9. The lowest BCUT2D eigenvalue weighted by atomic mass is 10.1. The highest BCUT2D eigenvalue weighted by molar-refractivity contribution is 7.22. The van der Waals surface area contributed by atoms with Crippen LogP contribution in [0, 0.1) is 6.92 Å². The number of anilines is 4. The second-order valence-electron chi connectivity index (χ2n) is 9.04. The number of alkyl halides is 3. The zero-order valence-electron chi connectivity index (χ0n) is 21.7. The maximum Gasteiger partial charge on any atom is 0.416 e. The number of aryl methyl sites for hydroxylation is 1. The van der Waals surface area contributed by atoms with Crippen LogP contribution in [0.1, 0.15) is 31.8 Å². The Balaban J connectivity index is 1.27. The lowest BCUT2D eigenvalue weighted by Crippen LogP contribution is -2.19. The van der Waals surface area contributed by atoms with Crippen molar-refractivity contribution in [3.05, 3.63) is 107 Å². The third-order valence-electron chi connectivity index (χ3n) is 5.99. The molecule has 42 heavy (non-hydrogen) atoms. The number of amides is 4. The van der Waals surface area contributed by atoms with Gasteiger partial charge in [0.1, 0.15) is 0 Å². The number of carbonyl (C=O) groups is 3. The largest absolute Gasteiger partial charge is 0.416 e. The molecule has 0 saturated heterocycles. The zero-order valence-corrected chi connectivity index (χ0v) is 22.6. The van der Waals surface area contributed by atoms with Crippen molar-refractivity contribution in [2.45, 2.75) is 13.1 Å². The van der Waals surface area contributed by atoms with Gasteiger partial charge in [-0.1, -0.05) is 23.5 Å². The lowest BCUT2D eigenvalue weighted by Gasteiger charge is -2.12. The molecule has 4 amide bonds. The summed E-state index contributed by atoms with van der Waals surface area (Å²) in [6.07, 6.45) is -1.45. The van der Waals surface area contributed by atoms with Gasteiger partial charge in [-0.2, -0.15) is 13.2 Å². The van der Waals surface area contributed by atoms with Gasteiger partial charge in [-0.05, 0) is 73.2 Å². The average molecular weight is 591 g/mol. The summed E-state index contributed by atoms with van der Waals surface area (Å²) in [6.45, 7) is 1.74. The van der Waals surface area contributed by atoms with Crippen LogP contribution in [0.15, 0.2) is 85.2 Å². The highest BCUT2D eigenvalue weighted by atomic mass is 32.1. The summed E-state index contributed by atoms with van der Waals surface area (Å²) in [7, 11) is 0. The van der Waals surface area contributed by atoms with E-state index in [-0.39, 0.29) is 11.3 Å². The van der Waals surface area contributed by atoms with E-state index in [1.54, 1.807) is 49.5 Å². The summed E-state index contributed by atoms with van der Waals surface area (Å²) in [5.41, 5.74) is 1.69. The number of thiazole rings is 1. The Morgan fingerprint density at radius 3 is 2.29 bits per heavy atom. The number of nitrogens with zero attached hydrogens (tertiary/aromatic N) is 2. The number of hydrogen-bond donors (Lipinski definition) is 4. The minimum Gasteiger partial charge on any atom is -0.322 e. The summed E-state index contributed by atoms with van der Waals surface area (Å²) in [6, 6.07) is 16.6. The number of pyridine rings is 1. The fourth-order valence-corrected chi connectivity index (χ4v) is 4.78. The van der Waals surface area contributed by atoms with Gasteiger partial charge in [-0.25, -0.2) is 9.78 Å². The van der Waals surface area contributed by atoms with Crippen LogP contribution in [0.3, 0.4) is 0 Å². The quantitative estimate of drug-likeness (QED) is 0.167. The molecule has 2 heterocycles. The van der Waals surface area contributed by atoms with E-state index >= 15 is 0 Å². The van der Waals surface area contributed by atoms with Gasteiger partial charge in [-0.3, -0.25) is 19.9 Å². The minimum absolute atomic E-state index is 0.0118. The number of urea groups is 1. The van der Waals surface area contributed by atoms with Gasteiger partial charge in [0.2, 0.25) is 0 Å². The molecule has 9 nitrogen and oxygen atoms in total. The summed E-state index contributed by atoms with van der Waals surface area (Å²) in [5.74, 6) is -1.09. The van der Waals surface area contributed by atoms with Gasteiger partial charge in [0.05, 0.1) is 27.7 Å². The molecule has 0 atom stereocenters. The monoisotopic (exact) mass is 590 g/mol. The van der Waals surface area contributed by atoms with E-state index in [9.17, 15) is 27.6 Å². The van der Waals surface area contributed by atoms with Crippen molar-refractivity contribution in [3.63, 3.8) is 0 Å². The molecule has 0 aliphatic carbocycles. The molecule has 0 fully saturated rings. The van der Waals surface area contributed by atoms with Crippen molar-refractivity contribution in [1.82, 2.24) is 9.97 Å². The SMILES string of the molecule is Cc1ccc(C(=O)Nc2cccc(C(F)(F)F)c2)cc1NC(=O)c1ccc2nc(NC(=O)Nc3cccnc3)sc2c1. The molecule has 212 valence electrons. The van der Waals surface area contributed by atoms with Gasteiger partial charge >= 0.3 is 12.2 Å². The van der Waals surface area contributed by atoms with Crippen molar-refractivity contribution in [3.8, 4) is 0 Å². The molecular formula is C29H21F3N6O3S. The molecule has 0 radical (unpaired) electrons. The molecule has 0 aliphatic heterocycles. The fraction of sp³-hybridized carbons (Fsp3) is 0.0690. The fourth-order valence-electron chi connectivity index (χ4n) is 3.88. The average Bonchev–Trinajstić information content (AvgIpc) is 3.35. The van der Waals surface area contributed by atoms with Gasteiger partial charge in [0.25, 0.3) is 11.8 Å². The second-order valence-corrected chi connectivity index (χ2v) is 10.1. The number of halogens is 3. The van der Waals surface area contributed by atoms with Crippen molar-refractivity contribution in [1.29, 1.82) is 0 Å². The van der Waals surface area contributed by atoms with Gasteiger partial charge in [0, 0.05) is 28.7 Å². The van der Waals surface area contributed by atoms with E-state index in [2.05, 4.69) is 31.2 Å². The first-order chi connectivity index (χ1) is 20.0. The Hall–Kier alpha value is -5.30. The summed E-state index contributed by atoms with van der Waals surface area (Å²) < 4.78 is 39.7. The second kappa shape index (κ2) is 11.7. The molecule has 13 heteroatoms. The van der Waals surface area contributed by atoms with E-state index in [0.29, 0.717) is 37.8 Å². The number of fused-ring (bicyclic) bond motifs is 1. The highest BCUT2D eigenvalue weighted by Gasteiger charge is 2.30. The Labute approximate surface area is 240 Å². The van der Waals surface area contributed by atoms with Crippen LogP contribution in [0.5, 0.6) is 0 Å². The predicted octanol–water partition coefficient (Wildman–Crippen LogP) is 7.17. The first-order valence-corrected chi connectivity index (χ1v) is 13.2. The summed E-state index contributed by atoms with van der Waals surface area (Å²) in [4.78, 5) is 46.4. The maximum atomic E-state index is 13.1. The number of aromatic nitrogens is 2. The van der Waals surface area contributed by atoms with Crippen LogP contribution < -0.4 is 21.3 Å². The third-order valence-corrected chi connectivity index (χ3v) is 6.92. The molecule has 0 aliphatic rings. The number of carbonyl (C=O) groups excluding carboxylic acids is 3. The van der Waals surface area contributed by atoms with E-state index < -0.39 is 29.6 Å². The first-order valence-electron chi connectivity index (χ1n) is 12.3. The lowest BCUT2D eigenvalue weighted by molar-refractivity contribution is -0.137. The smallest absolute Gasteiger partial charge is 0.322 e. The molecule has 2 aromatic heterocycles. The van der Waals surface area contributed by atoms with Crippen molar-refractivity contribution in [2.75, 3.05) is 21.3 Å². The van der Waals surface area contributed by atoms with Crippen molar-refractivity contribution >= 4 is 61.6 Å². The molecule has 0 unspecified atom stereocenters. The predicted molar refractivity (Wildman–Crippen MR) is 155 cm³/mol. The molecule has 0 spiro atoms. The van der Waals surface area contributed by atoms with Crippen LogP contribution in [0.4, 0.5) is 40.2 Å². The summed E-state index contributed by atoms with van der Waals surface area (Å²) >= 11 is 1.18. The van der Waals surface area contributed by atoms with Crippen LogP contribution in [0.2, 0.25) is 0 Å². The number of benzene rings is 3. The van der Waals surface area contributed by atoms with Crippen molar-refractivity contribution < 1.29 is 27.6 Å². The molecular weight excluding hydrogens is 569 g/mol.